The van der Waals surface area contributed by atoms with Crippen LogP contribution in [0.1, 0.15) is 6.92 Å². The molecule has 1 aliphatic heterocycles. The van der Waals surface area contributed by atoms with Crippen molar-refractivity contribution in [3.63, 3.8) is 0 Å². The van der Waals surface area contributed by atoms with Crippen LogP contribution in [0.3, 0.4) is 0 Å². The zero-order valence-electron chi connectivity index (χ0n) is 11.0. The SMILES string of the molecule is C=C(C)/C=C\C(=C)C[N+]1(C)CCN(C)CC1. The minimum atomic E-state index is 1.05. The molecule has 2 nitrogen and oxygen atoms in total. The summed E-state index contributed by atoms with van der Waals surface area (Å²) in [5, 5.41) is 0. The van der Waals surface area contributed by atoms with E-state index in [1.165, 1.54) is 31.8 Å². The molecule has 0 unspecified atom stereocenters. The zero-order valence-corrected chi connectivity index (χ0v) is 11.0. The lowest BCUT2D eigenvalue weighted by atomic mass is 10.1. The van der Waals surface area contributed by atoms with E-state index in [0.717, 1.165) is 16.6 Å². The number of likely N-dealkylation sites (N-methyl/N-ethyl adjacent to an activating group) is 2. The molecule has 0 bridgehead atoms. The predicted molar refractivity (Wildman–Crippen MR) is 71.4 cm³/mol. The van der Waals surface area contributed by atoms with Gasteiger partial charge >= 0.3 is 0 Å². The standard InChI is InChI=1S/C14H25N2/c1-13(2)6-7-14(3)12-16(5)10-8-15(4)9-11-16/h6-7H,1,3,8-12H2,2,4-5H3/q+1/b7-6-. The summed E-state index contributed by atoms with van der Waals surface area (Å²) in [6.07, 6.45) is 4.15. The third-order valence-electron chi connectivity index (χ3n) is 3.23. The van der Waals surface area contributed by atoms with E-state index in [1.54, 1.807) is 0 Å². The molecule has 1 heterocycles. The second-order valence-electron chi connectivity index (χ2n) is 5.37. The summed E-state index contributed by atoms with van der Waals surface area (Å²) in [5.41, 5.74) is 2.29. The smallest absolute Gasteiger partial charge is 0.104 e. The van der Waals surface area contributed by atoms with Crippen molar-refractivity contribution < 1.29 is 4.48 Å². The Morgan fingerprint density at radius 2 is 1.81 bits per heavy atom. The van der Waals surface area contributed by atoms with Gasteiger partial charge < -0.3 is 4.48 Å². The molecular weight excluding hydrogens is 196 g/mol. The summed E-state index contributed by atoms with van der Waals surface area (Å²) in [6.45, 7) is 15.9. The zero-order chi connectivity index (χ0) is 12.2. The molecule has 0 atom stereocenters. The van der Waals surface area contributed by atoms with E-state index >= 15 is 0 Å². The molecule has 0 saturated carbocycles. The minimum Gasteiger partial charge on any atom is -0.320 e. The van der Waals surface area contributed by atoms with Crippen LogP contribution in [-0.2, 0) is 0 Å². The number of hydrogen-bond donors (Lipinski definition) is 0. The molecule has 0 radical (unpaired) electrons. The van der Waals surface area contributed by atoms with Gasteiger partial charge in [0.05, 0.1) is 20.1 Å². The second kappa shape index (κ2) is 5.46. The van der Waals surface area contributed by atoms with Crippen molar-refractivity contribution in [2.24, 2.45) is 0 Å². The van der Waals surface area contributed by atoms with E-state index in [9.17, 15) is 0 Å². The highest BCUT2D eigenvalue weighted by atomic mass is 15.4. The lowest BCUT2D eigenvalue weighted by Gasteiger charge is -2.41. The first-order valence-corrected chi connectivity index (χ1v) is 5.95. The molecule has 1 fully saturated rings. The third kappa shape index (κ3) is 4.33. The van der Waals surface area contributed by atoms with Crippen molar-refractivity contribution in [1.82, 2.24) is 4.90 Å². The number of nitrogens with zero attached hydrogens (tertiary/aromatic N) is 2. The molecular formula is C14H25N2+. The van der Waals surface area contributed by atoms with Gasteiger partial charge in [0, 0.05) is 13.1 Å². The lowest BCUT2D eigenvalue weighted by Crippen LogP contribution is -2.56. The van der Waals surface area contributed by atoms with Gasteiger partial charge in [-0.1, -0.05) is 30.9 Å². The normalized spacial score (nSPS) is 21.2. The van der Waals surface area contributed by atoms with Crippen LogP contribution in [0, 0.1) is 0 Å². The van der Waals surface area contributed by atoms with Gasteiger partial charge in [-0.3, -0.25) is 4.90 Å². The number of piperazine rings is 1. The van der Waals surface area contributed by atoms with Crippen LogP contribution in [0.15, 0.2) is 36.5 Å². The Hall–Kier alpha value is -0.860. The van der Waals surface area contributed by atoms with Gasteiger partial charge in [0.2, 0.25) is 0 Å². The minimum absolute atomic E-state index is 1.05. The van der Waals surface area contributed by atoms with Crippen molar-refractivity contribution in [1.29, 1.82) is 0 Å². The average Bonchev–Trinajstić information content (AvgIpc) is 2.20. The van der Waals surface area contributed by atoms with Gasteiger partial charge in [-0.25, -0.2) is 0 Å². The van der Waals surface area contributed by atoms with Gasteiger partial charge in [0.25, 0.3) is 0 Å². The Bertz CT molecular complexity index is 294. The van der Waals surface area contributed by atoms with Crippen LogP contribution in [0.25, 0.3) is 0 Å². The molecule has 0 aromatic carbocycles. The summed E-state index contributed by atoms with van der Waals surface area (Å²) in [5.74, 6) is 0. The largest absolute Gasteiger partial charge is 0.320 e. The monoisotopic (exact) mass is 221 g/mol. The first kappa shape index (κ1) is 13.2. The van der Waals surface area contributed by atoms with E-state index < -0.39 is 0 Å². The maximum absolute atomic E-state index is 4.13. The van der Waals surface area contributed by atoms with Crippen LogP contribution in [0.2, 0.25) is 0 Å². The third-order valence-corrected chi connectivity index (χ3v) is 3.23. The summed E-state index contributed by atoms with van der Waals surface area (Å²) >= 11 is 0. The van der Waals surface area contributed by atoms with E-state index in [0.29, 0.717) is 0 Å². The van der Waals surface area contributed by atoms with Crippen LogP contribution < -0.4 is 0 Å². The number of quaternary nitrogens is 1. The van der Waals surface area contributed by atoms with E-state index in [2.05, 4.69) is 38.2 Å². The Morgan fingerprint density at radius 3 is 2.31 bits per heavy atom. The van der Waals surface area contributed by atoms with Crippen molar-refractivity contribution in [2.45, 2.75) is 6.92 Å². The maximum Gasteiger partial charge on any atom is 0.104 e. The fraction of sp³-hybridized carbons (Fsp3) is 0.571. The van der Waals surface area contributed by atoms with Crippen molar-refractivity contribution >= 4 is 0 Å². The highest BCUT2D eigenvalue weighted by Crippen LogP contribution is 2.12. The molecule has 2 heteroatoms. The molecule has 90 valence electrons. The molecule has 16 heavy (non-hydrogen) atoms. The summed E-state index contributed by atoms with van der Waals surface area (Å²) in [6, 6.07) is 0. The Balaban J connectivity index is 2.47. The van der Waals surface area contributed by atoms with Gasteiger partial charge in [-0.15, -0.1) is 0 Å². The Labute approximate surface area is 100 Å². The molecule has 1 saturated heterocycles. The highest BCUT2D eigenvalue weighted by molar-refractivity contribution is 5.23. The van der Waals surface area contributed by atoms with Crippen LogP contribution >= 0.6 is 0 Å². The molecule has 0 aromatic rings. The van der Waals surface area contributed by atoms with Crippen LogP contribution in [0.5, 0.6) is 0 Å². The second-order valence-corrected chi connectivity index (χ2v) is 5.37. The van der Waals surface area contributed by atoms with Gasteiger partial charge in [0.15, 0.2) is 0 Å². The topological polar surface area (TPSA) is 3.24 Å². The summed E-state index contributed by atoms with van der Waals surface area (Å²) < 4.78 is 1.11. The van der Waals surface area contributed by atoms with Crippen molar-refractivity contribution in [3.05, 3.63) is 36.5 Å². The molecule has 0 spiro atoms. The first-order chi connectivity index (χ1) is 7.41. The van der Waals surface area contributed by atoms with E-state index in [4.69, 9.17) is 0 Å². The van der Waals surface area contributed by atoms with Gasteiger partial charge in [-0.05, 0) is 19.5 Å². The first-order valence-electron chi connectivity index (χ1n) is 5.95. The molecule has 1 aliphatic rings. The fourth-order valence-electron chi connectivity index (χ4n) is 2.01. The molecule has 0 N–H and O–H groups in total. The van der Waals surface area contributed by atoms with E-state index in [-0.39, 0.29) is 0 Å². The molecule has 1 rings (SSSR count). The fourth-order valence-corrected chi connectivity index (χ4v) is 2.01. The Morgan fingerprint density at radius 1 is 1.25 bits per heavy atom. The quantitative estimate of drug-likeness (QED) is 0.519. The number of hydrogen-bond acceptors (Lipinski definition) is 1. The average molecular weight is 221 g/mol. The highest BCUT2D eigenvalue weighted by Gasteiger charge is 2.26. The Kier molecular flexibility index (Phi) is 4.51. The van der Waals surface area contributed by atoms with Crippen LogP contribution in [-0.4, -0.2) is 56.2 Å². The van der Waals surface area contributed by atoms with E-state index in [1.807, 2.05) is 13.0 Å². The van der Waals surface area contributed by atoms with Crippen molar-refractivity contribution in [2.75, 3.05) is 46.8 Å². The number of allylic oxidation sites excluding steroid dienone is 2. The molecule has 0 aliphatic carbocycles. The summed E-state index contributed by atoms with van der Waals surface area (Å²) in [4.78, 5) is 2.40. The predicted octanol–water partition coefficient (Wildman–Crippen LogP) is 2.07. The maximum atomic E-state index is 4.13. The summed E-state index contributed by atoms with van der Waals surface area (Å²) in [7, 11) is 4.52. The molecule has 0 amide bonds. The van der Waals surface area contributed by atoms with Gasteiger partial charge in [-0.2, -0.15) is 0 Å². The molecule has 0 aromatic heterocycles. The lowest BCUT2D eigenvalue weighted by molar-refractivity contribution is -0.908. The number of rotatable bonds is 4. The van der Waals surface area contributed by atoms with Crippen LogP contribution in [0.4, 0.5) is 0 Å². The van der Waals surface area contributed by atoms with Crippen molar-refractivity contribution in [3.8, 4) is 0 Å². The van der Waals surface area contributed by atoms with Gasteiger partial charge in [0.1, 0.15) is 6.54 Å².